The predicted molar refractivity (Wildman–Crippen MR) is 363 cm³/mol. The quantitative estimate of drug-likeness (QED) is 0.0252. The Morgan fingerprint density at radius 1 is 0.411 bits per heavy atom. The molecule has 618 valence electrons. The van der Waals surface area contributed by atoms with E-state index in [1.807, 2.05) is 20.8 Å². The predicted octanol–water partition coefficient (Wildman–Crippen LogP) is -10.3. The van der Waals surface area contributed by atoms with Crippen molar-refractivity contribution >= 4 is 53.2 Å². The second-order valence-corrected chi connectivity index (χ2v) is 26.4. The van der Waals surface area contributed by atoms with Crippen molar-refractivity contribution in [3.05, 3.63) is 0 Å². The maximum Gasteiger partial charge on any atom is 0.246 e. The molecule has 4 saturated heterocycles. The van der Waals surface area contributed by atoms with Crippen LogP contribution in [0.2, 0.25) is 0 Å². The van der Waals surface area contributed by atoms with Crippen molar-refractivity contribution in [3.63, 3.8) is 0 Å². The number of aliphatic hydroxyl groups is 10. The van der Waals surface area contributed by atoms with E-state index in [9.17, 15) is 94.2 Å². The standard InChI is InChI=1S/C65H115N9O33/c1-36(78)70-51-57(89)54(86)43(30-75)105-62(51)100-26-23-94-16-13-66-47(82)11-8-40(60(92)67-14-17-95-24-27-101-63-52(71-37(2)79)58(90)55(87)44(31-76)106-63)73-48(83)12-9-41(61(93)68-15-18-96-25-28-102-64-53(72-38(3)80)59(91)56(88)45(32-77)107-64)74-50(85)35-99-22-20-97-19-21-98-34-49(84)69-29-39-7-10-42(81)46(104-39)33-103-65(4,5)6/h39-46,51-59,62-64,75-77,81,86-91H,7-35H2,1-6H3,(H,66,82)(H,67,92)(H,68,93)(H,69,84)(H,70,78)(H,71,79)(H,72,80)(H,73,83)(H,74,85)/t39-,40+,41+,42+,43?,44?,45?,46-,51?,52?,53?,54?,55?,56?,57?,58?,59?,62?,63?,64?/m1/s1. The van der Waals surface area contributed by atoms with Crippen LogP contribution in [-0.4, -0.2) is 384 Å². The van der Waals surface area contributed by atoms with Crippen LogP contribution in [0.4, 0.5) is 0 Å². The van der Waals surface area contributed by atoms with Gasteiger partial charge in [0.25, 0.3) is 0 Å². The third kappa shape index (κ3) is 35.9. The lowest BCUT2D eigenvalue weighted by molar-refractivity contribution is -0.272. The Morgan fingerprint density at radius 2 is 0.776 bits per heavy atom. The Morgan fingerprint density at radius 3 is 1.18 bits per heavy atom. The number of hydrogen-bond donors (Lipinski definition) is 19. The molecule has 0 radical (unpaired) electrons. The summed E-state index contributed by atoms with van der Waals surface area (Å²) in [6.45, 7) is 5.26. The van der Waals surface area contributed by atoms with Crippen molar-refractivity contribution in [2.45, 2.75) is 208 Å². The number of hydrogen-bond acceptors (Lipinski definition) is 33. The number of rotatable bonds is 51. The Kier molecular flexibility index (Phi) is 44.6. The zero-order valence-corrected chi connectivity index (χ0v) is 61.4. The largest absolute Gasteiger partial charge is 0.394 e. The molecular weight excluding hydrogens is 1430 g/mol. The molecule has 107 heavy (non-hydrogen) atoms. The van der Waals surface area contributed by atoms with E-state index in [4.69, 9.17) is 66.3 Å². The minimum Gasteiger partial charge on any atom is -0.394 e. The van der Waals surface area contributed by atoms with Gasteiger partial charge in [0.05, 0.1) is 130 Å². The van der Waals surface area contributed by atoms with E-state index in [0.29, 0.717) is 12.8 Å². The highest BCUT2D eigenvalue weighted by Gasteiger charge is 2.48. The summed E-state index contributed by atoms with van der Waals surface area (Å²) < 4.78 is 78.4. The minimum absolute atomic E-state index is 0.00873. The van der Waals surface area contributed by atoms with E-state index in [1.54, 1.807) is 0 Å². The molecule has 0 saturated carbocycles. The highest BCUT2D eigenvalue weighted by Crippen LogP contribution is 2.26. The van der Waals surface area contributed by atoms with Crippen molar-refractivity contribution in [3.8, 4) is 0 Å². The number of carbonyl (C=O) groups excluding carboxylic acids is 9. The summed E-state index contributed by atoms with van der Waals surface area (Å²) in [6.07, 6.45) is -18.7. The lowest BCUT2D eigenvalue weighted by atomic mass is 9.97. The first kappa shape index (κ1) is 93.6. The van der Waals surface area contributed by atoms with Crippen molar-refractivity contribution in [1.29, 1.82) is 0 Å². The third-order valence-corrected chi connectivity index (χ3v) is 16.6. The number of carbonyl (C=O) groups is 9. The molecule has 0 spiro atoms. The fourth-order valence-corrected chi connectivity index (χ4v) is 11.0. The van der Waals surface area contributed by atoms with Gasteiger partial charge in [0.1, 0.15) is 104 Å². The van der Waals surface area contributed by atoms with Gasteiger partial charge in [-0.3, -0.25) is 43.2 Å². The first-order valence-corrected chi connectivity index (χ1v) is 35.6. The summed E-state index contributed by atoms with van der Waals surface area (Å²) in [5.41, 5.74) is -0.419. The summed E-state index contributed by atoms with van der Waals surface area (Å²) in [6, 6.07) is -6.39. The first-order valence-electron chi connectivity index (χ1n) is 35.6. The van der Waals surface area contributed by atoms with Crippen LogP contribution in [0.25, 0.3) is 0 Å². The fourth-order valence-electron chi connectivity index (χ4n) is 11.0. The molecule has 0 aromatic rings. The van der Waals surface area contributed by atoms with Gasteiger partial charge in [-0.1, -0.05) is 0 Å². The number of nitrogens with one attached hydrogen (secondary N) is 9. The highest BCUT2D eigenvalue weighted by molar-refractivity contribution is 5.90. The molecule has 20 atom stereocenters. The number of amides is 9. The Balaban J connectivity index is 1.32. The molecule has 0 aromatic carbocycles. The van der Waals surface area contributed by atoms with Crippen LogP contribution in [-0.2, 0) is 109 Å². The van der Waals surface area contributed by atoms with Gasteiger partial charge in [0.2, 0.25) is 53.2 Å². The Hall–Kier alpha value is -5.73. The maximum absolute atomic E-state index is 13.8. The number of ether oxygens (including phenoxy) is 14. The monoisotopic (exact) mass is 1550 g/mol. The minimum atomic E-state index is -1.56. The molecular formula is C65H115N9O33. The van der Waals surface area contributed by atoms with Gasteiger partial charge in [-0.2, -0.15) is 0 Å². The van der Waals surface area contributed by atoms with Crippen LogP contribution in [0.1, 0.15) is 80.1 Å². The van der Waals surface area contributed by atoms with Crippen LogP contribution in [0.3, 0.4) is 0 Å². The summed E-state index contributed by atoms with van der Waals surface area (Å²) in [4.78, 5) is 116. The Labute approximate surface area is 619 Å². The van der Waals surface area contributed by atoms with Crippen molar-refractivity contribution < 1.29 is 161 Å². The first-order chi connectivity index (χ1) is 51.0. The molecule has 4 fully saturated rings. The van der Waals surface area contributed by atoms with Crippen LogP contribution < -0.4 is 47.9 Å². The van der Waals surface area contributed by atoms with Crippen molar-refractivity contribution in [2.75, 3.05) is 152 Å². The summed E-state index contributed by atoms with van der Waals surface area (Å²) in [7, 11) is 0. The zero-order valence-electron chi connectivity index (χ0n) is 61.4. The van der Waals surface area contributed by atoms with Crippen molar-refractivity contribution in [1.82, 2.24) is 47.9 Å². The summed E-state index contributed by atoms with van der Waals surface area (Å²) >= 11 is 0. The van der Waals surface area contributed by atoms with Gasteiger partial charge in [-0.25, -0.2) is 0 Å². The summed E-state index contributed by atoms with van der Waals surface area (Å²) in [5.74, 6) is -5.77. The molecule has 0 aromatic heterocycles. The molecule has 42 nitrogen and oxygen atoms in total. The molecule has 9 amide bonds. The van der Waals surface area contributed by atoms with Crippen LogP contribution in [0.15, 0.2) is 0 Å². The van der Waals surface area contributed by atoms with Crippen LogP contribution in [0, 0.1) is 0 Å². The third-order valence-electron chi connectivity index (χ3n) is 16.6. The second kappa shape index (κ2) is 50.9. The van der Waals surface area contributed by atoms with Gasteiger partial charge in [-0.05, 0) is 46.5 Å². The molecule has 4 aliphatic rings. The second-order valence-electron chi connectivity index (χ2n) is 26.4. The molecule has 4 aliphatic heterocycles. The van der Waals surface area contributed by atoms with Gasteiger partial charge in [0, 0.05) is 59.8 Å². The normalized spacial score (nSPS) is 27.9. The van der Waals surface area contributed by atoms with E-state index in [0.717, 1.165) is 0 Å². The average molecular weight is 1550 g/mol. The molecule has 0 aliphatic carbocycles. The van der Waals surface area contributed by atoms with E-state index in [1.165, 1.54) is 20.8 Å². The molecule has 42 heteroatoms. The highest BCUT2D eigenvalue weighted by atomic mass is 16.7. The smallest absolute Gasteiger partial charge is 0.246 e. The molecule has 0 bridgehead atoms. The van der Waals surface area contributed by atoms with E-state index < -0.39 is 208 Å². The van der Waals surface area contributed by atoms with Gasteiger partial charge in [-0.15, -0.1) is 0 Å². The summed E-state index contributed by atoms with van der Waals surface area (Å²) in [5, 5.41) is 125. The van der Waals surface area contributed by atoms with Gasteiger partial charge < -0.3 is 165 Å². The maximum atomic E-state index is 13.8. The Bertz CT molecular complexity index is 2640. The SMILES string of the molecule is CC(=O)NC1C(OCCOCCNC(=O)CC[C@H](NC(=O)CC[C@H](NC(=O)COCCOCCOCC(=O)NC[C@H]2CC[C@H](O)[C@@H](COC(C)(C)C)O2)C(=O)NCCOCCOC2OC(CO)C(O)C(O)C2NC(C)=O)C(=O)NCCOCCOC2OC(CO)C(O)C(O)C2NC(C)=O)OC(CO)C(O)C1O. The van der Waals surface area contributed by atoms with Gasteiger partial charge in [0.15, 0.2) is 18.9 Å². The van der Waals surface area contributed by atoms with E-state index in [2.05, 4.69) is 47.9 Å². The lowest BCUT2D eigenvalue weighted by Gasteiger charge is -2.42. The number of aliphatic hydroxyl groups excluding tert-OH is 10. The van der Waals surface area contributed by atoms with E-state index in [-0.39, 0.29) is 151 Å². The van der Waals surface area contributed by atoms with Crippen LogP contribution in [0.5, 0.6) is 0 Å². The average Bonchev–Trinajstić information content (AvgIpc) is 0.816. The van der Waals surface area contributed by atoms with Crippen molar-refractivity contribution in [2.24, 2.45) is 0 Å². The lowest BCUT2D eigenvalue weighted by Crippen LogP contribution is -2.64. The molecule has 4 rings (SSSR count). The fraction of sp³-hybridized carbons (Fsp3) is 0.862. The molecule has 19 N–H and O–H groups in total. The van der Waals surface area contributed by atoms with E-state index >= 15 is 0 Å². The van der Waals surface area contributed by atoms with Crippen LogP contribution >= 0.6 is 0 Å². The molecule has 4 heterocycles. The molecule has 15 unspecified atom stereocenters. The zero-order chi connectivity index (χ0) is 79.0. The van der Waals surface area contributed by atoms with Gasteiger partial charge >= 0.3 is 0 Å². The topological polar surface area (TPSA) is 593 Å².